The van der Waals surface area contributed by atoms with E-state index in [2.05, 4.69) is 5.32 Å². The monoisotopic (exact) mass is 450 g/mol. The van der Waals surface area contributed by atoms with Crippen molar-refractivity contribution in [2.75, 3.05) is 11.9 Å². The molecule has 32 heavy (non-hydrogen) atoms. The molecule has 7 heteroatoms. The van der Waals surface area contributed by atoms with Gasteiger partial charge in [0.05, 0.1) is 18.7 Å². The molecule has 1 aliphatic rings. The van der Waals surface area contributed by atoms with Crippen molar-refractivity contribution >= 4 is 34.7 Å². The van der Waals surface area contributed by atoms with Gasteiger partial charge in [-0.25, -0.2) is 4.39 Å². The molecule has 0 spiro atoms. The Bertz CT molecular complexity index is 1170. The van der Waals surface area contributed by atoms with Gasteiger partial charge in [-0.1, -0.05) is 35.9 Å². The number of hydrogen-bond donors (Lipinski definition) is 1. The Hall–Kier alpha value is -3.64. The van der Waals surface area contributed by atoms with Crippen LogP contribution in [0.2, 0.25) is 5.02 Å². The first-order chi connectivity index (χ1) is 15.5. The van der Waals surface area contributed by atoms with Crippen molar-refractivity contribution in [2.45, 2.75) is 13.5 Å². The SMILES string of the molecule is CCOc1ccc(NC2=C(c3ccc(F)cc3)C(=O)N(Cc3ccc(Cl)cc3)C2=O)cc1. The summed E-state index contributed by atoms with van der Waals surface area (Å²) in [5, 5.41) is 3.64. The number of hydrogen-bond acceptors (Lipinski definition) is 4. The molecule has 0 atom stereocenters. The number of ether oxygens (including phenoxy) is 1. The molecule has 0 radical (unpaired) electrons. The lowest BCUT2D eigenvalue weighted by atomic mass is 10.0. The molecule has 1 aliphatic heterocycles. The normalized spacial score (nSPS) is 13.7. The quantitative estimate of drug-likeness (QED) is 0.498. The van der Waals surface area contributed by atoms with Crippen LogP contribution < -0.4 is 10.1 Å². The lowest BCUT2D eigenvalue weighted by Gasteiger charge is -2.15. The molecule has 0 bridgehead atoms. The standard InChI is InChI=1S/C25H20ClFN2O3/c1-2-32-21-13-11-20(12-14-21)28-23-22(17-5-9-19(27)10-6-17)24(30)29(25(23)31)15-16-3-7-18(26)8-4-16/h3-14,28H,2,15H2,1H3. The molecule has 4 rings (SSSR count). The maximum Gasteiger partial charge on any atom is 0.278 e. The Kier molecular flexibility index (Phi) is 6.23. The fourth-order valence-electron chi connectivity index (χ4n) is 3.44. The molecule has 0 aliphatic carbocycles. The average Bonchev–Trinajstić information content (AvgIpc) is 3.01. The van der Waals surface area contributed by atoms with E-state index in [1.165, 1.54) is 29.2 Å². The number of carbonyl (C=O) groups is 2. The van der Waals surface area contributed by atoms with E-state index in [0.29, 0.717) is 28.6 Å². The van der Waals surface area contributed by atoms with E-state index in [-0.39, 0.29) is 17.8 Å². The summed E-state index contributed by atoms with van der Waals surface area (Å²) in [5.41, 5.74) is 2.17. The predicted molar refractivity (Wildman–Crippen MR) is 122 cm³/mol. The minimum atomic E-state index is -0.460. The molecule has 0 saturated carbocycles. The largest absolute Gasteiger partial charge is 0.494 e. The number of nitrogens with zero attached hydrogens (tertiary/aromatic N) is 1. The van der Waals surface area contributed by atoms with Crippen LogP contribution in [0.3, 0.4) is 0 Å². The lowest BCUT2D eigenvalue weighted by molar-refractivity contribution is -0.137. The van der Waals surface area contributed by atoms with Crippen molar-refractivity contribution < 1.29 is 18.7 Å². The van der Waals surface area contributed by atoms with E-state index in [1.807, 2.05) is 6.92 Å². The van der Waals surface area contributed by atoms with E-state index < -0.39 is 17.6 Å². The number of nitrogens with one attached hydrogen (secondary N) is 1. The summed E-state index contributed by atoms with van der Waals surface area (Å²) in [4.78, 5) is 27.7. The van der Waals surface area contributed by atoms with Gasteiger partial charge in [-0.2, -0.15) is 0 Å². The smallest absolute Gasteiger partial charge is 0.278 e. The Morgan fingerprint density at radius 1 is 0.906 bits per heavy atom. The number of carbonyl (C=O) groups excluding carboxylic acids is 2. The van der Waals surface area contributed by atoms with Crippen LogP contribution in [0.5, 0.6) is 5.75 Å². The number of halogens is 2. The van der Waals surface area contributed by atoms with Gasteiger partial charge in [0.25, 0.3) is 11.8 Å². The molecule has 2 amide bonds. The van der Waals surface area contributed by atoms with Crippen molar-refractivity contribution in [3.63, 3.8) is 0 Å². The molecule has 0 aromatic heterocycles. The molecule has 1 N–H and O–H groups in total. The number of rotatable bonds is 7. The van der Waals surface area contributed by atoms with Crippen LogP contribution in [0, 0.1) is 5.82 Å². The van der Waals surface area contributed by atoms with E-state index in [0.717, 1.165) is 5.56 Å². The predicted octanol–water partition coefficient (Wildman–Crippen LogP) is 5.27. The molecule has 5 nitrogen and oxygen atoms in total. The summed E-state index contributed by atoms with van der Waals surface area (Å²) in [5.74, 6) is -0.641. The van der Waals surface area contributed by atoms with Crippen LogP contribution in [-0.2, 0) is 16.1 Å². The molecule has 3 aromatic rings. The highest BCUT2D eigenvalue weighted by molar-refractivity contribution is 6.36. The second kappa shape index (κ2) is 9.24. The highest BCUT2D eigenvalue weighted by Crippen LogP contribution is 2.32. The second-order valence-corrected chi connectivity index (χ2v) is 7.60. The Morgan fingerprint density at radius 3 is 2.19 bits per heavy atom. The Morgan fingerprint density at radius 2 is 1.56 bits per heavy atom. The number of amides is 2. The molecule has 1 heterocycles. The van der Waals surface area contributed by atoms with Gasteiger partial charge < -0.3 is 10.1 Å². The first-order valence-corrected chi connectivity index (χ1v) is 10.4. The summed E-state index contributed by atoms with van der Waals surface area (Å²) in [6.45, 7) is 2.53. The van der Waals surface area contributed by atoms with Crippen LogP contribution in [0.25, 0.3) is 5.57 Å². The molecule has 0 saturated heterocycles. The van der Waals surface area contributed by atoms with Gasteiger partial charge in [0.15, 0.2) is 0 Å². The fourth-order valence-corrected chi connectivity index (χ4v) is 3.56. The Balaban J connectivity index is 1.68. The zero-order chi connectivity index (χ0) is 22.7. The molecule has 0 unspecified atom stereocenters. The van der Waals surface area contributed by atoms with Gasteiger partial charge in [-0.15, -0.1) is 0 Å². The summed E-state index contributed by atoms with van der Waals surface area (Å²) < 4.78 is 18.9. The van der Waals surface area contributed by atoms with Gasteiger partial charge in [-0.05, 0) is 66.6 Å². The van der Waals surface area contributed by atoms with Gasteiger partial charge in [0.1, 0.15) is 17.3 Å². The third-order valence-electron chi connectivity index (χ3n) is 4.99. The van der Waals surface area contributed by atoms with Gasteiger partial charge in [0, 0.05) is 10.7 Å². The highest BCUT2D eigenvalue weighted by atomic mass is 35.5. The third-order valence-corrected chi connectivity index (χ3v) is 5.24. The van der Waals surface area contributed by atoms with Crippen molar-refractivity contribution in [1.29, 1.82) is 0 Å². The topological polar surface area (TPSA) is 58.6 Å². The third kappa shape index (κ3) is 4.50. The molecular formula is C25H20ClFN2O3. The van der Waals surface area contributed by atoms with Crippen molar-refractivity contribution in [3.05, 3.63) is 100 Å². The maximum atomic E-state index is 13.5. The van der Waals surface area contributed by atoms with E-state index in [1.54, 1.807) is 48.5 Å². The summed E-state index contributed by atoms with van der Waals surface area (Å²) in [6, 6.07) is 19.5. The maximum absolute atomic E-state index is 13.5. The van der Waals surface area contributed by atoms with Crippen LogP contribution >= 0.6 is 11.6 Å². The van der Waals surface area contributed by atoms with Gasteiger partial charge in [-0.3, -0.25) is 14.5 Å². The summed E-state index contributed by atoms with van der Waals surface area (Å²) in [7, 11) is 0. The second-order valence-electron chi connectivity index (χ2n) is 7.16. The first-order valence-electron chi connectivity index (χ1n) is 10.1. The van der Waals surface area contributed by atoms with Crippen LogP contribution in [0.1, 0.15) is 18.1 Å². The number of benzene rings is 3. The van der Waals surface area contributed by atoms with Crippen molar-refractivity contribution in [2.24, 2.45) is 0 Å². The zero-order valence-corrected chi connectivity index (χ0v) is 18.0. The van der Waals surface area contributed by atoms with E-state index in [9.17, 15) is 14.0 Å². The van der Waals surface area contributed by atoms with Gasteiger partial charge in [0.2, 0.25) is 0 Å². The molecule has 0 fully saturated rings. The first kappa shape index (κ1) is 21.6. The highest BCUT2D eigenvalue weighted by Gasteiger charge is 2.39. The minimum absolute atomic E-state index is 0.0913. The van der Waals surface area contributed by atoms with E-state index >= 15 is 0 Å². The lowest BCUT2D eigenvalue weighted by Crippen LogP contribution is -2.32. The van der Waals surface area contributed by atoms with Gasteiger partial charge >= 0.3 is 0 Å². The fraction of sp³-hybridized carbons (Fsp3) is 0.120. The average molecular weight is 451 g/mol. The minimum Gasteiger partial charge on any atom is -0.494 e. The van der Waals surface area contributed by atoms with Crippen LogP contribution in [0.4, 0.5) is 10.1 Å². The Labute approximate surface area is 190 Å². The van der Waals surface area contributed by atoms with Crippen molar-refractivity contribution in [3.8, 4) is 5.75 Å². The summed E-state index contributed by atoms with van der Waals surface area (Å²) in [6.07, 6.45) is 0. The number of imide groups is 1. The molecular weight excluding hydrogens is 431 g/mol. The van der Waals surface area contributed by atoms with Crippen molar-refractivity contribution in [1.82, 2.24) is 4.90 Å². The molecule has 3 aromatic carbocycles. The number of anilines is 1. The summed E-state index contributed by atoms with van der Waals surface area (Å²) >= 11 is 5.94. The zero-order valence-electron chi connectivity index (χ0n) is 17.3. The van der Waals surface area contributed by atoms with E-state index in [4.69, 9.17) is 16.3 Å². The van der Waals surface area contributed by atoms with Crippen LogP contribution in [-0.4, -0.2) is 23.3 Å². The molecule has 162 valence electrons. The van der Waals surface area contributed by atoms with Crippen LogP contribution in [0.15, 0.2) is 78.5 Å².